The van der Waals surface area contributed by atoms with E-state index in [-0.39, 0.29) is 0 Å². The van der Waals surface area contributed by atoms with Crippen molar-refractivity contribution in [3.8, 4) is 5.92 Å². The van der Waals surface area contributed by atoms with Crippen LogP contribution < -0.4 is 5.32 Å². The van der Waals surface area contributed by atoms with Crippen molar-refractivity contribution in [1.82, 2.24) is 10.3 Å². The monoisotopic (exact) mass is 193 g/mol. The molecule has 0 saturated heterocycles. The van der Waals surface area contributed by atoms with E-state index in [1.54, 1.807) is 6.20 Å². The van der Waals surface area contributed by atoms with Gasteiger partial charge in [-0.1, -0.05) is 0 Å². The van der Waals surface area contributed by atoms with Crippen LogP contribution in [0.2, 0.25) is 0 Å². The molecule has 0 radical (unpaired) electrons. The molecule has 15 heavy (non-hydrogen) atoms. The third kappa shape index (κ3) is 2.06. The zero-order valence-electron chi connectivity index (χ0n) is 8.07. The Kier molecular flexibility index (Phi) is 2.82. The van der Waals surface area contributed by atoms with Crippen LogP contribution in [0.3, 0.4) is 0 Å². The van der Waals surface area contributed by atoms with E-state index in [2.05, 4.69) is 16.2 Å². The van der Waals surface area contributed by atoms with Crippen molar-refractivity contribution in [2.24, 2.45) is 0 Å². The number of hydrogen-bond donors (Lipinski definition) is 1. The van der Waals surface area contributed by atoms with E-state index in [0.29, 0.717) is 5.57 Å². The fourth-order valence-corrected chi connectivity index (χ4v) is 1.33. The molecule has 2 heterocycles. The zero-order chi connectivity index (χ0) is 10.5. The Morgan fingerprint density at radius 2 is 2.27 bits per heavy atom. The summed E-state index contributed by atoms with van der Waals surface area (Å²) in [6, 6.07) is 5.60. The van der Waals surface area contributed by atoms with Crippen molar-refractivity contribution >= 4 is 5.57 Å². The van der Waals surface area contributed by atoms with Gasteiger partial charge in [-0.15, -0.1) is 0 Å². The fourth-order valence-electron chi connectivity index (χ4n) is 1.33. The fraction of sp³-hybridized carbons (Fsp3) is 0. The summed E-state index contributed by atoms with van der Waals surface area (Å²) >= 11 is 0. The molecule has 0 saturated carbocycles. The van der Waals surface area contributed by atoms with Crippen LogP contribution in [0.4, 0.5) is 0 Å². The van der Waals surface area contributed by atoms with Crippen molar-refractivity contribution in [3.63, 3.8) is 0 Å². The van der Waals surface area contributed by atoms with Crippen LogP contribution in [0.15, 0.2) is 54.5 Å². The van der Waals surface area contributed by atoms with Crippen LogP contribution in [0.1, 0.15) is 5.69 Å². The second-order valence-electron chi connectivity index (χ2n) is 2.99. The summed E-state index contributed by atoms with van der Waals surface area (Å²) in [6.07, 6.45) is 16.5. The van der Waals surface area contributed by atoms with Crippen LogP contribution in [0.5, 0.6) is 0 Å². The van der Waals surface area contributed by atoms with Crippen molar-refractivity contribution < 1.29 is 0 Å². The minimum atomic E-state index is 0.663. The maximum absolute atomic E-state index is 7.29. The van der Waals surface area contributed by atoms with Crippen molar-refractivity contribution in [1.29, 1.82) is 0 Å². The maximum atomic E-state index is 7.29. The summed E-state index contributed by atoms with van der Waals surface area (Å²) < 4.78 is 0. The summed E-state index contributed by atoms with van der Waals surface area (Å²) in [5.74, 6) is 2.41. The first kappa shape index (κ1) is 9.50. The molecule has 0 amide bonds. The number of allylic oxidation sites excluding steroid dienone is 4. The van der Waals surface area contributed by atoms with Crippen molar-refractivity contribution in [2.75, 3.05) is 0 Å². The third-order valence-electron chi connectivity index (χ3n) is 2.02. The molecular weight excluding hydrogens is 184 g/mol. The molecule has 0 bridgehead atoms. The van der Waals surface area contributed by atoms with E-state index in [0.717, 1.165) is 11.4 Å². The van der Waals surface area contributed by atoms with Gasteiger partial charge in [-0.05, 0) is 0 Å². The molecule has 0 aliphatic carbocycles. The SMILES string of the molecule is [C+]#CC(=C1C=CC=CN1)c1ccccn1. The molecule has 2 rings (SSSR count). The Balaban J connectivity index is 2.46. The Morgan fingerprint density at radius 3 is 2.87 bits per heavy atom. The van der Waals surface area contributed by atoms with E-state index in [9.17, 15) is 0 Å². The number of nitrogens with one attached hydrogen (secondary N) is 1. The predicted molar refractivity (Wildman–Crippen MR) is 59.7 cm³/mol. The molecule has 1 N–H and O–H groups in total. The van der Waals surface area contributed by atoms with Gasteiger partial charge in [0.2, 0.25) is 0 Å². The average molecular weight is 193 g/mol. The third-order valence-corrected chi connectivity index (χ3v) is 2.02. The van der Waals surface area contributed by atoms with Gasteiger partial charge in [0, 0.05) is 0 Å². The topological polar surface area (TPSA) is 24.9 Å². The summed E-state index contributed by atoms with van der Waals surface area (Å²) in [4.78, 5) is 4.19. The molecule has 1 aromatic rings. The summed E-state index contributed by atoms with van der Waals surface area (Å²) in [6.45, 7) is 0. The molecule has 0 aromatic carbocycles. The second kappa shape index (κ2) is 4.45. The van der Waals surface area contributed by atoms with E-state index in [4.69, 9.17) is 6.42 Å². The molecule has 0 atom stereocenters. The quantitative estimate of drug-likeness (QED) is 0.545. The summed E-state index contributed by atoms with van der Waals surface area (Å²) in [5, 5.41) is 3.06. The van der Waals surface area contributed by atoms with E-state index >= 15 is 0 Å². The van der Waals surface area contributed by atoms with Gasteiger partial charge in [-0.3, -0.25) is 0 Å². The molecule has 1 aromatic heterocycles. The van der Waals surface area contributed by atoms with Gasteiger partial charge >= 0.3 is 88.4 Å². The Bertz CT molecular complexity index is 473. The Labute approximate surface area is 89.0 Å². The first-order valence-corrected chi connectivity index (χ1v) is 4.60. The van der Waals surface area contributed by atoms with Gasteiger partial charge < -0.3 is 0 Å². The molecule has 70 valence electrons. The van der Waals surface area contributed by atoms with E-state index in [1.807, 2.05) is 42.6 Å². The average Bonchev–Trinajstić information content (AvgIpc) is 2.33. The molecule has 1 aliphatic rings. The van der Waals surface area contributed by atoms with Gasteiger partial charge in [-0.25, -0.2) is 0 Å². The van der Waals surface area contributed by atoms with Crippen LogP contribution in [-0.2, 0) is 0 Å². The molecular formula is C13H9N2+. The van der Waals surface area contributed by atoms with Gasteiger partial charge in [0.05, 0.1) is 0 Å². The van der Waals surface area contributed by atoms with Crippen molar-refractivity contribution in [3.05, 3.63) is 66.6 Å². The standard InChI is InChI=1S/C13H9N2/c1-2-11(12-7-3-5-9-14-12)13-8-4-6-10-15-13/h3-10,14H/q+1. The molecule has 2 nitrogen and oxygen atoms in total. The summed E-state index contributed by atoms with van der Waals surface area (Å²) in [5.41, 5.74) is 2.25. The Morgan fingerprint density at radius 1 is 1.33 bits per heavy atom. The number of rotatable bonds is 1. The number of dihydropyridines is 1. The molecule has 0 spiro atoms. The van der Waals surface area contributed by atoms with E-state index < -0.39 is 0 Å². The van der Waals surface area contributed by atoms with Crippen LogP contribution in [-0.4, -0.2) is 4.98 Å². The second-order valence-corrected chi connectivity index (χ2v) is 2.99. The molecule has 0 fully saturated rings. The first-order valence-electron chi connectivity index (χ1n) is 4.60. The van der Waals surface area contributed by atoms with Gasteiger partial charge in [0.1, 0.15) is 0 Å². The number of pyridine rings is 1. The van der Waals surface area contributed by atoms with Gasteiger partial charge in [0.25, 0.3) is 0 Å². The van der Waals surface area contributed by atoms with Gasteiger partial charge in [-0.2, -0.15) is 0 Å². The normalized spacial score (nSPS) is 16.9. The molecule has 1 aliphatic heterocycles. The van der Waals surface area contributed by atoms with Gasteiger partial charge in [0.15, 0.2) is 0 Å². The van der Waals surface area contributed by atoms with Crippen molar-refractivity contribution in [2.45, 2.75) is 0 Å². The number of nitrogens with zero attached hydrogens (tertiary/aromatic N) is 1. The minimum absolute atomic E-state index is 0.663. The zero-order valence-corrected chi connectivity index (χ0v) is 8.07. The van der Waals surface area contributed by atoms with Crippen LogP contribution in [0.25, 0.3) is 5.57 Å². The number of hydrogen-bond acceptors (Lipinski definition) is 2. The summed E-state index contributed by atoms with van der Waals surface area (Å²) in [7, 11) is 0. The molecule has 2 heteroatoms. The van der Waals surface area contributed by atoms with Crippen LogP contribution >= 0.6 is 0 Å². The van der Waals surface area contributed by atoms with Crippen LogP contribution in [0, 0.1) is 12.3 Å². The van der Waals surface area contributed by atoms with E-state index in [1.165, 1.54) is 0 Å². The Hall–Kier alpha value is -2.05. The molecule has 0 unspecified atom stereocenters. The number of aromatic nitrogens is 1. The predicted octanol–water partition coefficient (Wildman–Crippen LogP) is 2.06. The first-order chi connectivity index (χ1) is 7.42.